The van der Waals surface area contributed by atoms with Crippen molar-refractivity contribution in [3.05, 3.63) is 84.7 Å². The van der Waals surface area contributed by atoms with E-state index in [1.807, 2.05) is 78.6 Å². The van der Waals surface area contributed by atoms with E-state index < -0.39 is 0 Å². The van der Waals surface area contributed by atoms with E-state index in [4.69, 9.17) is 5.73 Å². The van der Waals surface area contributed by atoms with Crippen molar-refractivity contribution in [1.82, 2.24) is 15.4 Å². The maximum absolute atomic E-state index is 12.8. The Hall–Kier alpha value is -4.13. The molecule has 1 aromatic heterocycles. The molecule has 0 spiro atoms. The van der Waals surface area contributed by atoms with Gasteiger partial charge in [-0.1, -0.05) is 54.6 Å². The van der Waals surface area contributed by atoms with Crippen LogP contribution in [0.2, 0.25) is 0 Å². The molecule has 0 atom stereocenters. The number of nitrogens with one attached hydrogen (secondary N) is 2. The molecule has 4 aromatic rings. The summed E-state index contributed by atoms with van der Waals surface area (Å²) in [5, 5.41) is 1.87. The Morgan fingerprint density at radius 1 is 0.967 bits per heavy atom. The minimum atomic E-state index is -0.276. The van der Waals surface area contributed by atoms with E-state index in [2.05, 4.69) is 20.8 Å². The Labute approximate surface area is 174 Å². The van der Waals surface area contributed by atoms with Gasteiger partial charge in [0.15, 0.2) is 11.6 Å². The van der Waals surface area contributed by atoms with Gasteiger partial charge in [-0.3, -0.25) is 15.6 Å². The van der Waals surface area contributed by atoms with Gasteiger partial charge in [-0.05, 0) is 35.9 Å². The highest BCUT2D eigenvalue weighted by atomic mass is 16.2. The van der Waals surface area contributed by atoms with Crippen molar-refractivity contribution in [3.63, 3.8) is 0 Å². The fourth-order valence-electron chi connectivity index (χ4n) is 3.37. The lowest BCUT2D eigenvalue weighted by molar-refractivity contribution is 0.0964. The summed E-state index contributed by atoms with van der Waals surface area (Å²) in [6, 6.07) is 23.2. The van der Waals surface area contributed by atoms with Gasteiger partial charge in [-0.25, -0.2) is 9.97 Å². The molecule has 1 amide bonds. The minimum Gasteiger partial charge on any atom is -0.393 e. The molecule has 0 saturated carbocycles. The molecule has 0 unspecified atom stereocenters. The highest BCUT2D eigenvalue weighted by molar-refractivity contribution is 6.07. The molecule has 7 nitrogen and oxygen atoms in total. The minimum absolute atomic E-state index is 0.276. The van der Waals surface area contributed by atoms with Crippen molar-refractivity contribution in [2.75, 3.05) is 22.6 Å². The Morgan fingerprint density at radius 3 is 2.50 bits per heavy atom. The number of rotatable bonds is 6. The summed E-state index contributed by atoms with van der Waals surface area (Å²) in [7, 11) is 0. The molecule has 3 aromatic carbocycles. The molecule has 0 aliphatic rings. The number of amides is 1. The highest BCUT2D eigenvalue weighted by Gasteiger charge is 2.16. The van der Waals surface area contributed by atoms with Crippen LogP contribution < -0.4 is 21.5 Å². The number of nitrogens with two attached hydrogens (primary N) is 1. The summed E-state index contributed by atoms with van der Waals surface area (Å²) in [4.78, 5) is 23.3. The zero-order valence-corrected chi connectivity index (χ0v) is 16.5. The molecule has 1 heterocycles. The van der Waals surface area contributed by atoms with Crippen molar-refractivity contribution in [2.45, 2.75) is 6.92 Å². The van der Waals surface area contributed by atoms with Gasteiger partial charge in [0.2, 0.25) is 0 Å². The number of carbonyl (C=O) groups excluding carboxylic acids is 1. The molecule has 0 fully saturated rings. The lowest BCUT2D eigenvalue weighted by atomic mass is 10.0. The number of aromatic nitrogens is 2. The molecule has 0 bridgehead atoms. The maximum atomic E-state index is 12.8. The van der Waals surface area contributed by atoms with Crippen LogP contribution in [0.25, 0.3) is 10.8 Å². The van der Waals surface area contributed by atoms with Gasteiger partial charge in [-0.2, -0.15) is 0 Å². The predicted octanol–water partition coefficient (Wildman–Crippen LogP) is 4.13. The van der Waals surface area contributed by atoms with Crippen molar-refractivity contribution in [3.8, 4) is 0 Å². The van der Waals surface area contributed by atoms with Crippen LogP contribution in [0.4, 0.5) is 23.0 Å². The number of para-hydroxylation sites is 1. The first-order valence-corrected chi connectivity index (χ1v) is 9.66. The number of carbonyl (C=O) groups is 1. The Bertz CT molecular complexity index is 1170. The van der Waals surface area contributed by atoms with Crippen molar-refractivity contribution in [2.24, 2.45) is 0 Å². The summed E-state index contributed by atoms with van der Waals surface area (Å²) in [5.41, 5.74) is 13.8. The van der Waals surface area contributed by atoms with E-state index in [0.29, 0.717) is 29.4 Å². The molecule has 150 valence electrons. The van der Waals surface area contributed by atoms with Crippen LogP contribution in [0.5, 0.6) is 0 Å². The highest BCUT2D eigenvalue weighted by Crippen LogP contribution is 2.31. The van der Waals surface area contributed by atoms with Crippen molar-refractivity contribution >= 4 is 39.7 Å². The van der Waals surface area contributed by atoms with Gasteiger partial charge >= 0.3 is 0 Å². The monoisotopic (exact) mass is 398 g/mol. The number of hydrazine groups is 1. The molecule has 0 aliphatic heterocycles. The number of anilines is 4. The molecule has 0 aliphatic carbocycles. The summed E-state index contributed by atoms with van der Waals surface area (Å²) in [5.74, 6) is 0.630. The Balaban J connectivity index is 1.57. The molecular formula is C23H22N6O. The molecular weight excluding hydrogens is 376 g/mol. The largest absolute Gasteiger partial charge is 0.393 e. The third-order valence-corrected chi connectivity index (χ3v) is 4.83. The first-order chi connectivity index (χ1) is 14.7. The van der Waals surface area contributed by atoms with E-state index >= 15 is 0 Å². The van der Waals surface area contributed by atoms with E-state index in [0.717, 1.165) is 16.5 Å². The first kappa shape index (κ1) is 19.2. The van der Waals surface area contributed by atoms with E-state index in [-0.39, 0.29) is 5.91 Å². The van der Waals surface area contributed by atoms with Crippen LogP contribution in [0.1, 0.15) is 17.3 Å². The van der Waals surface area contributed by atoms with Gasteiger partial charge in [0, 0.05) is 17.8 Å². The molecule has 30 heavy (non-hydrogen) atoms. The summed E-state index contributed by atoms with van der Waals surface area (Å²) in [6.07, 6.45) is 1.42. The second kappa shape index (κ2) is 8.48. The van der Waals surface area contributed by atoms with E-state index in [1.165, 1.54) is 6.33 Å². The summed E-state index contributed by atoms with van der Waals surface area (Å²) in [6.45, 7) is 2.69. The van der Waals surface area contributed by atoms with Gasteiger partial charge < -0.3 is 10.6 Å². The third kappa shape index (κ3) is 3.73. The normalized spacial score (nSPS) is 10.6. The zero-order chi connectivity index (χ0) is 20.9. The van der Waals surface area contributed by atoms with E-state index in [9.17, 15) is 4.79 Å². The van der Waals surface area contributed by atoms with E-state index in [1.54, 1.807) is 6.07 Å². The number of nitrogen functional groups attached to an aromatic ring is 1. The van der Waals surface area contributed by atoms with Crippen molar-refractivity contribution < 1.29 is 4.79 Å². The van der Waals surface area contributed by atoms with Crippen LogP contribution in [0.15, 0.2) is 79.1 Å². The SMILES string of the molecule is CCN(c1ccccc1)c1ncnc(NNC(=O)c2cccc3ccccc23)c1N. The molecule has 0 saturated heterocycles. The van der Waals surface area contributed by atoms with Crippen LogP contribution in [-0.2, 0) is 0 Å². The average Bonchev–Trinajstić information content (AvgIpc) is 2.80. The quantitative estimate of drug-likeness (QED) is 0.423. The number of fused-ring (bicyclic) bond motifs is 1. The lowest BCUT2D eigenvalue weighted by Gasteiger charge is -2.24. The molecule has 4 N–H and O–H groups in total. The molecule has 7 heteroatoms. The van der Waals surface area contributed by atoms with Gasteiger partial charge in [0.1, 0.15) is 12.0 Å². The zero-order valence-electron chi connectivity index (χ0n) is 16.5. The predicted molar refractivity (Wildman–Crippen MR) is 121 cm³/mol. The third-order valence-electron chi connectivity index (χ3n) is 4.83. The topological polar surface area (TPSA) is 96.2 Å². The standard InChI is InChI=1S/C23H22N6O/c1-2-29(17-11-4-3-5-12-17)22-20(24)21(25-15-26-22)27-28-23(30)19-14-8-10-16-9-6-7-13-18(16)19/h3-15H,2,24H2,1H3,(H,28,30)(H,25,26,27). The number of benzene rings is 3. The van der Waals surface area contributed by atoms with Crippen molar-refractivity contribution in [1.29, 1.82) is 0 Å². The molecule has 0 radical (unpaired) electrons. The fraction of sp³-hybridized carbons (Fsp3) is 0.0870. The number of nitrogens with zero attached hydrogens (tertiary/aromatic N) is 3. The second-order valence-electron chi connectivity index (χ2n) is 6.65. The van der Waals surface area contributed by atoms with Crippen LogP contribution >= 0.6 is 0 Å². The van der Waals surface area contributed by atoms with Gasteiger partial charge in [0.05, 0.1) is 0 Å². The number of hydrogen-bond acceptors (Lipinski definition) is 6. The summed E-state index contributed by atoms with van der Waals surface area (Å²) >= 11 is 0. The summed E-state index contributed by atoms with van der Waals surface area (Å²) < 4.78 is 0. The molecule has 4 rings (SSSR count). The fourth-order valence-corrected chi connectivity index (χ4v) is 3.37. The van der Waals surface area contributed by atoms with Crippen LogP contribution in [0.3, 0.4) is 0 Å². The second-order valence-corrected chi connectivity index (χ2v) is 6.65. The van der Waals surface area contributed by atoms with Gasteiger partial charge in [-0.15, -0.1) is 0 Å². The number of hydrogen-bond donors (Lipinski definition) is 3. The average molecular weight is 398 g/mol. The Morgan fingerprint density at radius 2 is 1.70 bits per heavy atom. The Kier molecular flexibility index (Phi) is 5.43. The first-order valence-electron chi connectivity index (χ1n) is 9.66. The maximum Gasteiger partial charge on any atom is 0.270 e. The van der Waals surface area contributed by atoms with Gasteiger partial charge in [0.25, 0.3) is 5.91 Å². The van der Waals surface area contributed by atoms with Crippen LogP contribution in [0, 0.1) is 0 Å². The smallest absolute Gasteiger partial charge is 0.270 e. The lowest BCUT2D eigenvalue weighted by Crippen LogP contribution is -2.31. The van der Waals surface area contributed by atoms with Crippen LogP contribution in [-0.4, -0.2) is 22.4 Å².